The van der Waals surface area contributed by atoms with E-state index in [1.54, 1.807) is 0 Å². The molecule has 0 amide bonds. The van der Waals surface area contributed by atoms with Crippen molar-refractivity contribution in [3.8, 4) is 5.75 Å². The summed E-state index contributed by atoms with van der Waals surface area (Å²) in [6.07, 6.45) is 3.20. The number of anilines is 1. The van der Waals surface area contributed by atoms with Crippen molar-refractivity contribution in [3.63, 3.8) is 0 Å². The Hall–Kier alpha value is -1.19. The van der Waals surface area contributed by atoms with Gasteiger partial charge < -0.3 is 10.1 Å². The van der Waals surface area contributed by atoms with Crippen molar-refractivity contribution in [1.82, 2.24) is 0 Å². The molecular formula is C17H17BrClNO. The SMILES string of the molecule is Clc1ccc2c(c1)CCCCOc1ccc(Br)cc1NC2. The first-order chi connectivity index (χ1) is 10.2. The van der Waals surface area contributed by atoms with Crippen LogP contribution in [0.2, 0.25) is 5.02 Å². The Morgan fingerprint density at radius 2 is 1.95 bits per heavy atom. The molecule has 0 unspecified atom stereocenters. The van der Waals surface area contributed by atoms with Gasteiger partial charge in [0.15, 0.2) is 0 Å². The van der Waals surface area contributed by atoms with Crippen LogP contribution >= 0.6 is 27.5 Å². The van der Waals surface area contributed by atoms with E-state index >= 15 is 0 Å². The van der Waals surface area contributed by atoms with E-state index in [4.69, 9.17) is 16.3 Å². The van der Waals surface area contributed by atoms with Crippen molar-refractivity contribution in [2.75, 3.05) is 11.9 Å². The normalized spacial score (nSPS) is 15.0. The first kappa shape index (κ1) is 14.7. The van der Waals surface area contributed by atoms with Gasteiger partial charge in [0.2, 0.25) is 0 Å². The van der Waals surface area contributed by atoms with Crippen molar-refractivity contribution in [1.29, 1.82) is 0 Å². The van der Waals surface area contributed by atoms with Crippen LogP contribution in [0.5, 0.6) is 5.75 Å². The highest BCUT2D eigenvalue weighted by Gasteiger charge is 2.09. The molecule has 2 aromatic rings. The van der Waals surface area contributed by atoms with Crippen LogP contribution in [0.3, 0.4) is 0 Å². The smallest absolute Gasteiger partial charge is 0.142 e. The summed E-state index contributed by atoms with van der Waals surface area (Å²) in [5, 5.41) is 4.29. The van der Waals surface area contributed by atoms with Crippen LogP contribution in [0.15, 0.2) is 40.9 Å². The number of nitrogens with one attached hydrogen (secondary N) is 1. The van der Waals surface area contributed by atoms with Crippen molar-refractivity contribution in [2.45, 2.75) is 25.8 Å². The highest BCUT2D eigenvalue weighted by Crippen LogP contribution is 2.30. The molecule has 0 atom stereocenters. The van der Waals surface area contributed by atoms with E-state index in [1.165, 1.54) is 11.1 Å². The largest absolute Gasteiger partial charge is 0.491 e. The highest BCUT2D eigenvalue weighted by molar-refractivity contribution is 9.10. The van der Waals surface area contributed by atoms with Crippen molar-refractivity contribution in [2.24, 2.45) is 0 Å². The van der Waals surface area contributed by atoms with Crippen molar-refractivity contribution >= 4 is 33.2 Å². The second-order valence-corrected chi connectivity index (χ2v) is 6.56. The Balaban J connectivity index is 1.92. The second-order valence-electron chi connectivity index (χ2n) is 5.21. The number of rotatable bonds is 0. The van der Waals surface area contributed by atoms with Gasteiger partial charge in [0.05, 0.1) is 12.3 Å². The maximum absolute atomic E-state index is 6.13. The first-order valence-electron chi connectivity index (χ1n) is 7.16. The maximum Gasteiger partial charge on any atom is 0.142 e. The number of fused-ring (bicyclic) bond motifs is 2. The fraction of sp³-hybridized carbons (Fsp3) is 0.294. The molecule has 110 valence electrons. The first-order valence-corrected chi connectivity index (χ1v) is 8.33. The zero-order valence-corrected chi connectivity index (χ0v) is 14.0. The molecule has 0 spiro atoms. The van der Waals surface area contributed by atoms with Crippen LogP contribution in [0, 0.1) is 0 Å². The van der Waals surface area contributed by atoms with E-state index in [-0.39, 0.29) is 0 Å². The van der Waals surface area contributed by atoms with E-state index < -0.39 is 0 Å². The number of benzene rings is 2. The van der Waals surface area contributed by atoms with Gasteiger partial charge in [0, 0.05) is 16.0 Å². The molecule has 0 saturated carbocycles. The van der Waals surface area contributed by atoms with Gasteiger partial charge in [-0.05, 0) is 60.7 Å². The predicted octanol–water partition coefficient (Wildman–Crippen LogP) is 5.43. The third kappa shape index (κ3) is 3.72. The molecule has 0 saturated heterocycles. The summed E-state index contributed by atoms with van der Waals surface area (Å²) in [6, 6.07) is 12.2. The minimum atomic E-state index is 0.742. The van der Waals surface area contributed by atoms with Crippen LogP contribution in [0.4, 0.5) is 5.69 Å². The van der Waals surface area contributed by atoms with Crippen LogP contribution in [0.1, 0.15) is 24.0 Å². The summed E-state index contributed by atoms with van der Waals surface area (Å²) in [6.45, 7) is 1.52. The molecule has 0 fully saturated rings. The molecule has 1 aliphatic rings. The summed E-state index contributed by atoms with van der Waals surface area (Å²) in [5.74, 6) is 0.913. The van der Waals surface area contributed by atoms with E-state index in [0.29, 0.717) is 0 Å². The minimum Gasteiger partial charge on any atom is -0.491 e. The maximum atomic E-state index is 6.13. The molecule has 1 aliphatic heterocycles. The Morgan fingerprint density at radius 3 is 2.86 bits per heavy atom. The Kier molecular flexibility index (Phi) is 4.71. The summed E-state index contributed by atoms with van der Waals surface area (Å²) in [5.41, 5.74) is 3.65. The fourth-order valence-electron chi connectivity index (χ4n) is 2.56. The molecule has 21 heavy (non-hydrogen) atoms. The molecule has 4 heteroatoms. The summed E-state index contributed by atoms with van der Waals surface area (Å²) in [7, 11) is 0. The minimum absolute atomic E-state index is 0.742. The monoisotopic (exact) mass is 365 g/mol. The lowest BCUT2D eigenvalue weighted by Crippen LogP contribution is -2.04. The topological polar surface area (TPSA) is 21.3 Å². The Morgan fingerprint density at radius 1 is 1.05 bits per heavy atom. The zero-order chi connectivity index (χ0) is 14.7. The van der Waals surface area contributed by atoms with Gasteiger partial charge in [-0.1, -0.05) is 33.6 Å². The average molecular weight is 367 g/mol. The predicted molar refractivity (Wildman–Crippen MR) is 91.4 cm³/mol. The van der Waals surface area contributed by atoms with Gasteiger partial charge in [0.25, 0.3) is 0 Å². The molecule has 1 N–H and O–H groups in total. The quantitative estimate of drug-likeness (QED) is 0.671. The summed E-state index contributed by atoms with van der Waals surface area (Å²) >= 11 is 9.64. The lowest BCUT2D eigenvalue weighted by atomic mass is 10.0. The third-order valence-corrected chi connectivity index (χ3v) is 4.41. The molecule has 0 aromatic heterocycles. The molecule has 2 nitrogen and oxygen atoms in total. The second kappa shape index (κ2) is 6.71. The number of aryl methyl sites for hydroxylation is 1. The molecule has 0 bridgehead atoms. The molecule has 2 aromatic carbocycles. The lowest BCUT2D eigenvalue weighted by molar-refractivity contribution is 0.308. The Labute approximate surface area is 138 Å². The van der Waals surface area contributed by atoms with Gasteiger partial charge in [-0.2, -0.15) is 0 Å². The van der Waals surface area contributed by atoms with Crippen molar-refractivity contribution < 1.29 is 4.74 Å². The van der Waals surface area contributed by atoms with E-state index in [0.717, 1.165) is 53.3 Å². The van der Waals surface area contributed by atoms with E-state index in [1.807, 2.05) is 18.2 Å². The van der Waals surface area contributed by atoms with Crippen LogP contribution < -0.4 is 10.1 Å². The average Bonchev–Trinajstić information content (AvgIpc) is 2.50. The molecule has 1 heterocycles. The standard InChI is InChI=1S/C17H17BrClNO/c18-14-5-7-17-16(10-14)20-11-13-4-6-15(19)9-12(13)3-1-2-8-21-17/h4-7,9-10,20H,1-3,8,11H2. The fourth-order valence-corrected chi connectivity index (χ4v) is 3.11. The van der Waals surface area contributed by atoms with Gasteiger partial charge >= 0.3 is 0 Å². The van der Waals surface area contributed by atoms with E-state index in [9.17, 15) is 0 Å². The Bertz CT molecular complexity index is 645. The number of halogens is 2. The van der Waals surface area contributed by atoms with Gasteiger partial charge in [-0.3, -0.25) is 0 Å². The van der Waals surface area contributed by atoms with Crippen LogP contribution in [-0.2, 0) is 13.0 Å². The van der Waals surface area contributed by atoms with E-state index in [2.05, 4.69) is 39.4 Å². The van der Waals surface area contributed by atoms with Gasteiger partial charge in [-0.25, -0.2) is 0 Å². The molecule has 0 radical (unpaired) electrons. The molecular weight excluding hydrogens is 350 g/mol. The summed E-state index contributed by atoms with van der Waals surface area (Å²) in [4.78, 5) is 0. The lowest BCUT2D eigenvalue weighted by Gasteiger charge is -2.14. The number of hydrogen-bond acceptors (Lipinski definition) is 2. The summed E-state index contributed by atoms with van der Waals surface area (Å²) < 4.78 is 6.93. The van der Waals surface area contributed by atoms with Crippen LogP contribution in [0.25, 0.3) is 0 Å². The molecule has 0 aliphatic carbocycles. The number of hydrogen-bond donors (Lipinski definition) is 1. The van der Waals surface area contributed by atoms with Crippen molar-refractivity contribution in [3.05, 3.63) is 57.0 Å². The highest BCUT2D eigenvalue weighted by atomic mass is 79.9. The zero-order valence-electron chi connectivity index (χ0n) is 11.7. The number of ether oxygens (including phenoxy) is 1. The third-order valence-electron chi connectivity index (χ3n) is 3.68. The molecule has 3 rings (SSSR count). The van der Waals surface area contributed by atoms with Gasteiger partial charge in [-0.15, -0.1) is 0 Å². The van der Waals surface area contributed by atoms with Gasteiger partial charge in [0.1, 0.15) is 5.75 Å². The van der Waals surface area contributed by atoms with Crippen LogP contribution in [-0.4, -0.2) is 6.61 Å².